The second kappa shape index (κ2) is 6.02. The van der Waals surface area contributed by atoms with Gasteiger partial charge in [-0.2, -0.15) is 0 Å². The van der Waals surface area contributed by atoms with Crippen molar-refractivity contribution in [1.29, 1.82) is 0 Å². The molecule has 2 rings (SSSR count). The van der Waals surface area contributed by atoms with Gasteiger partial charge in [-0.25, -0.2) is 9.78 Å². The molecule has 21 heavy (non-hydrogen) atoms. The predicted octanol–water partition coefficient (Wildman–Crippen LogP) is -0.106. The summed E-state index contributed by atoms with van der Waals surface area (Å²) in [4.78, 5) is 39.5. The number of hydrogen-bond acceptors (Lipinski definition) is 6. The largest absolute Gasteiger partial charge is 0.479 e. The van der Waals surface area contributed by atoms with Gasteiger partial charge in [-0.1, -0.05) is 0 Å². The van der Waals surface area contributed by atoms with Crippen LogP contribution >= 0.6 is 11.3 Å². The number of ether oxygens (including phenoxy) is 1. The Labute approximate surface area is 123 Å². The number of carbonyl (C=O) groups excluding carboxylic acids is 1. The van der Waals surface area contributed by atoms with Crippen LogP contribution in [0.3, 0.4) is 0 Å². The van der Waals surface area contributed by atoms with Gasteiger partial charge in [-0.15, -0.1) is 11.3 Å². The van der Waals surface area contributed by atoms with E-state index in [0.29, 0.717) is 10.7 Å². The molecule has 0 aliphatic heterocycles. The van der Waals surface area contributed by atoms with Crippen LogP contribution < -0.4 is 10.9 Å². The van der Waals surface area contributed by atoms with E-state index in [1.807, 2.05) is 0 Å². The van der Waals surface area contributed by atoms with Gasteiger partial charge in [-0.3, -0.25) is 14.0 Å². The number of carbonyl (C=O) groups is 2. The van der Waals surface area contributed by atoms with Crippen LogP contribution in [-0.4, -0.2) is 46.1 Å². The first-order chi connectivity index (χ1) is 9.95. The molecule has 0 fully saturated rings. The van der Waals surface area contributed by atoms with Gasteiger partial charge >= 0.3 is 5.97 Å². The van der Waals surface area contributed by atoms with Crippen molar-refractivity contribution in [3.8, 4) is 0 Å². The highest BCUT2D eigenvalue weighted by atomic mass is 32.1. The van der Waals surface area contributed by atoms with E-state index in [-0.39, 0.29) is 12.1 Å². The van der Waals surface area contributed by atoms with Crippen molar-refractivity contribution >= 4 is 28.2 Å². The lowest BCUT2D eigenvalue weighted by Crippen LogP contribution is -2.40. The van der Waals surface area contributed by atoms with Crippen molar-refractivity contribution < 1.29 is 19.4 Å². The summed E-state index contributed by atoms with van der Waals surface area (Å²) in [7, 11) is 1.22. The van der Waals surface area contributed by atoms with Crippen LogP contribution in [0.4, 0.5) is 0 Å². The fraction of sp³-hybridized carbons (Fsp3) is 0.333. The molecule has 0 aliphatic rings. The molecule has 2 aromatic heterocycles. The number of hydrogen-bond donors (Lipinski definition) is 2. The van der Waals surface area contributed by atoms with E-state index >= 15 is 0 Å². The highest BCUT2D eigenvalue weighted by Crippen LogP contribution is 2.10. The minimum absolute atomic E-state index is 0.144. The summed E-state index contributed by atoms with van der Waals surface area (Å²) in [6, 6.07) is 0. The van der Waals surface area contributed by atoms with Crippen LogP contribution in [0.1, 0.15) is 16.1 Å². The predicted molar refractivity (Wildman–Crippen MR) is 74.8 cm³/mol. The van der Waals surface area contributed by atoms with Gasteiger partial charge in [0.1, 0.15) is 5.56 Å². The lowest BCUT2D eigenvalue weighted by atomic mass is 10.3. The number of amides is 1. The number of aromatic nitrogens is 2. The fourth-order valence-electron chi connectivity index (χ4n) is 1.73. The Morgan fingerprint density at radius 3 is 2.90 bits per heavy atom. The average Bonchev–Trinajstić information content (AvgIpc) is 2.81. The third kappa shape index (κ3) is 2.93. The van der Waals surface area contributed by atoms with E-state index in [4.69, 9.17) is 9.84 Å². The number of nitrogens with one attached hydrogen (secondary N) is 1. The van der Waals surface area contributed by atoms with E-state index in [9.17, 15) is 14.4 Å². The van der Waals surface area contributed by atoms with E-state index in [0.717, 1.165) is 0 Å². The van der Waals surface area contributed by atoms with Crippen molar-refractivity contribution in [3.63, 3.8) is 0 Å². The van der Waals surface area contributed by atoms with E-state index in [1.54, 1.807) is 12.3 Å². The van der Waals surface area contributed by atoms with Gasteiger partial charge in [0.05, 0.1) is 6.54 Å². The van der Waals surface area contributed by atoms with E-state index < -0.39 is 23.5 Å². The maximum Gasteiger partial charge on any atom is 0.334 e. The summed E-state index contributed by atoms with van der Waals surface area (Å²) in [5.41, 5.74) is 0.0530. The standard InChI is InChI=1S/C12H13N3O5S/c1-6-5-21-12-14-3-7(10(17)15(6)12)9(16)13-4-8(20-2)11(18)19/h3,5,8H,4H2,1-2H3,(H,13,16)(H,18,19). The Morgan fingerprint density at radius 1 is 1.57 bits per heavy atom. The summed E-state index contributed by atoms with van der Waals surface area (Å²) in [6.45, 7) is 1.50. The molecule has 0 spiro atoms. The van der Waals surface area contributed by atoms with Crippen LogP contribution in [0.5, 0.6) is 0 Å². The van der Waals surface area contributed by atoms with Gasteiger partial charge in [-0.05, 0) is 6.92 Å². The molecule has 0 saturated carbocycles. The second-order valence-electron chi connectivity index (χ2n) is 4.24. The van der Waals surface area contributed by atoms with Crippen molar-refractivity contribution in [1.82, 2.24) is 14.7 Å². The zero-order chi connectivity index (χ0) is 15.6. The third-order valence-electron chi connectivity index (χ3n) is 2.87. The Morgan fingerprint density at radius 2 is 2.29 bits per heavy atom. The number of fused-ring (bicyclic) bond motifs is 1. The Hall–Kier alpha value is -2.26. The van der Waals surface area contributed by atoms with Gasteiger partial charge in [0.2, 0.25) is 0 Å². The molecular formula is C12H13N3O5S. The zero-order valence-corrected chi connectivity index (χ0v) is 12.1. The lowest BCUT2D eigenvalue weighted by molar-refractivity contribution is -0.148. The minimum atomic E-state index is -1.20. The Kier molecular flexibility index (Phi) is 4.34. The zero-order valence-electron chi connectivity index (χ0n) is 11.3. The SMILES string of the molecule is COC(CNC(=O)c1cnc2scc(C)n2c1=O)C(=O)O. The van der Waals surface area contributed by atoms with Gasteiger partial charge in [0, 0.05) is 24.4 Å². The Balaban J connectivity index is 2.24. The van der Waals surface area contributed by atoms with Gasteiger partial charge in [0.15, 0.2) is 11.1 Å². The lowest BCUT2D eigenvalue weighted by Gasteiger charge is -2.11. The van der Waals surface area contributed by atoms with Crippen molar-refractivity contribution in [3.05, 3.63) is 33.2 Å². The molecule has 0 bridgehead atoms. The maximum atomic E-state index is 12.2. The number of carboxylic acid groups (broad SMARTS) is 1. The van der Waals surface area contributed by atoms with Crippen molar-refractivity contribution in [2.75, 3.05) is 13.7 Å². The molecule has 0 saturated heterocycles. The molecule has 0 radical (unpaired) electrons. The summed E-state index contributed by atoms with van der Waals surface area (Å²) < 4.78 is 6.03. The van der Waals surface area contributed by atoms with Crippen LogP contribution in [-0.2, 0) is 9.53 Å². The summed E-state index contributed by atoms with van der Waals surface area (Å²) in [5.74, 6) is -1.88. The first-order valence-electron chi connectivity index (χ1n) is 5.95. The maximum absolute atomic E-state index is 12.2. The van der Waals surface area contributed by atoms with Crippen molar-refractivity contribution in [2.45, 2.75) is 13.0 Å². The van der Waals surface area contributed by atoms with E-state index in [1.165, 1.54) is 29.0 Å². The van der Waals surface area contributed by atoms with Gasteiger partial charge < -0.3 is 15.2 Å². The highest BCUT2D eigenvalue weighted by molar-refractivity contribution is 7.15. The smallest absolute Gasteiger partial charge is 0.334 e. The summed E-state index contributed by atoms with van der Waals surface area (Å²) >= 11 is 1.30. The number of aryl methyl sites for hydroxylation is 1. The molecule has 2 N–H and O–H groups in total. The van der Waals surface area contributed by atoms with Crippen LogP contribution in [0, 0.1) is 6.92 Å². The molecule has 1 atom stereocenters. The molecule has 8 nitrogen and oxygen atoms in total. The van der Waals surface area contributed by atoms with E-state index in [2.05, 4.69) is 10.3 Å². The molecule has 2 aromatic rings. The number of carboxylic acids is 1. The molecule has 0 aliphatic carbocycles. The number of aliphatic carboxylic acids is 1. The number of nitrogens with zero attached hydrogens (tertiary/aromatic N) is 2. The second-order valence-corrected chi connectivity index (χ2v) is 5.08. The van der Waals surface area contributed by atoms with Crippen LogP contribution in [0.15, 0.2) is 16.4 Å². The first-order valence-corrected chi connectivity index (χ1v) is 6.83. The van der Waals surface area contributed by atoms with Gasteiger partial charge in [0.25, 0.3) is 11.5 Å². The topological polar surface area (TPSA) is 110 Å². The quantitative estimate of drug-likeness (QED) is 0.797. The molecule has 112 valence electrons. The fourth-order valence-corrected chi connectivity index (χ4v) is 2.56. The van der Waals surface area contributed by atoms with Crippen LogP contribution in [0.25, 0.3) is 4.96 Å². The Bertz CT molecular complexity index is 751. The molecule has 2 heterocycles. The molecule has 0 aromatic carbocycles. The number of methoxy groups -OCH3 is 1. The highest BCUT2D eigenvalue weighted by Gasteiger charge is 2.20. The number of thiazole rings is 1. The van der Waals surface area contributed by atoms with Crippen molar-refractivity contribution in [2.24, 2.45) is 0 Å². The average molecular weight is 311 g/mol. The molecule has 1 amide bonds. The monoisotopic (exact) mass is 311 g/mol. The first kappa shape index (κ1) is 15.1. The summed E-state index contributed by atoms with van der Waals surface area (Å²) in [5, 5.41) is 12.9. The third-order valence-corrected chi connectivity index (χ3v) is 3.83. The van der Waals surface area contributed by atoms with Crippen LogP contribution in [0.2, 0.25) is 0 Å². The molecular weight excluding hydrogens is 298 g/mol. The molecule has 1 unspecified atom stereocenters. The normalized spacial score (nSPS) is 12.3. The number of rotatable bonds is 5. The summed E-state index contributed by atoms with van der Waals surface area (Å²) in [6.07, 6.45) is 0.0159. The minimum Gasteiger partial charge on any atom is -0.479 e. The molecule has 9 heteroatoms.